The van der Waals surface area contributed by atoms with Crippen LogP contribution >= 0.6 is 0 Å². The first-order chi connectivity index (χ1) is 7.30. The summed E-state index contributed by atoms with van der Waals surface area (Å²) in [6.07, 6.45) is 1.23. The molecule has 0 aromatic rings. The summed E-state index contributed by atoms with van der Waals surface area (Å²) in [5.41, 5.74) is 0.989. The lowest BCUT2D eigenvalue weighted by Gasteiger charge is -2.25. The first-order valence-corrected chi connectivity index (χ1v) is 5.31. The maximum atomic E-state index is 11.8. The number of nitrogens with one attached hydrogen (secondary N) is 1. The summed E-state index contributed by atoms with van der Waals surface area (Å²) in [5, 5.41) is 13.9. The Kier molecular flexibility index (Phi) is 2.34. The molecule has 1 amide bonds. The van der Waals surface area contributed by atoms with Gasteiger partial charge in [0.15, 0.2) is 5.72 Å². The molecule has 2 aliphatic heterocycles. The highest BCUT2D eigenvalue weighted by Crippen LogP contribution is 2.28. The van der Waals surface area contributed by atoms with Gasteiger partial charge in [-0.3, -0.25) is 5.43 Å². The van der Waals surface area contributed by atoms with Crippen LogP contribution in [0.25, 0.3) is 0 Å². The molecule has 2 heterocycles. The number of aliphatic hydroxyl groups is 1. The average Bonchev–Trinajstić information content (AvgIpc) is 2.55. The van der Waals surface area contributed by atoms with Crippen molar-refractivity contribution in [2.24, 2.45) is 11.0 Å². The summed E-state index contributed by atoms with van der Waals surface area (Å²) < 4.78 is 5.24. The molecule has 0 aliphatic carbocycles. The van der Waals surface area contributed by atoms with Crippen molar-refractivity contribution in [1.82, 2.24) is 10.3 Å². The van der Waals surface area contributed by atoms with Gasteiger partial charge in [0, 0.05) is 12.8 Å². The second kappa shape index (κ2) is 3.35. The quantitative estimate of drug-likeness (QED) is 0.617. The molecule has 0 bridgehead atoms. The zero-order chi connectivity index (χ0) is 12.0. The van der Waals surface area contributed by atoms with Gasteiger partial charge in [0.05, 0.1) is 12.5 Å². The van der Waals surface area contributed by atoms with Crippen molar-refractivity contribution < 1.29 is 14.6 Å². The Bertz CT molecular complexity index is 337. The van der Waals surface area contributed by atoms with Crippen molar-refractivity contribution in [1.29, 1.82) is 0 Å². The number of hydrazone groups is 1. The fourth-order valence-corrected chi connectivity index (χ4v) is 1.85. The molecule has 0 aromatic carbocycles. The molecular weight excluding hydrogens is 210 g/mol. The minimum Gasteiger partial charge on any atom is -0.444 e. The number of amides is 1. The van der Waals surface area contributed by atoms with Crippen molar-refractivity contribution in [3.63, 3.8) is 0 Å². The van der Waals surface area contributed by atoms with Crippen LogP contribution in [0.3, 0.4) is 0 Å². The van der Waals surface area contributed by atoms with Gasteiger partial charge in [-0.25, -0.2) is 4.79 Å². The van der Waals surface area contributed by atoms with Crippen LogP contribution in [0.15, 0.2) is 5.10 Å². The van der Waals surface area contributed by atoms with Crippen LogP contribution in [0.5, 0.6) is 0 Å². The monoisotopic (exact) mass is 227 g/mol. The Labute approximate surface area is 94.3 Å². The minimum atomic E-state index is -1.11. The zero-order valence-corrected chi connectivity index (χ0v) is 9.73. The third-order valence-corrected chi connectivity index (χ3v) is 2.63. The highest BCUT2D eigenvalue weighted by molar-refractivity contribution is 5.72. The fourth-order valence-electron chi connectivity index (χ4n) is 1.85. The lowest BCUT2D eigenvalue weighted by molar-refractivity contribution is -0.00163. The van der Waals surface area contributed by atoms with Crippen LogP contribution in [-0.4, -0.2) is 46.7 Å². The van der Waals surface area contributed by atoms with Crippen LogP contribution in [0.2, 0.25) is 0 Å². The first kappa shape index (κ1) is 11.2. The van der Waals surface area contributed by atoms with Crippen LogP contribution in [0.1, 0.15) is 20.8 Å². The topological polar surface area (TPSA) is 74.2 Å². The van der Waals surface area contributed by atoms with E-state index in [9.17, 15) is 9.90 Å². The molecule has 0 aromatic heterocycles. The molecule has 0 spiro atoms. The molecule has 1 saturated heterocycles. The normalized spacial score (nSPS) is 32.5. The summed E-state index contributed by atoms with van der Waals surface area (Å²) in [5.74, 6) is -0.153. The zero-order valence-electron chi connectivity index (χ0n) is 9.73. The van der Waals surface area contributed by atoms with Crippen LogP contribution in [0, 0.1) is 5.92 Å². The number of fused-ring (bicyclic) bond motifs is 1. The lowest BCUT2D eigenvalue weighted by Crippen LogP contribution is -2.47. The molecule has 0 radical (unpaired) electrons. The number of hydrogen-bond acceptors (Lipinski definition) is 5. The Morgan fingerprint density at radius 1 is 1.69 bits per heavy atom. The van der Waals surface area contributed by atoms with Gasteiger partial charge in [-0.2, -0.15) is 5.10 Å². The first-order valence-electron chi connectivity index (χ1n) is 5.31. The lowest BCUT2D eigenvalue weighted by atomic mass is 10.0. The smallest absolute Gasteiger partial charge is 0.410 e. The van der Waals surface area contributed by atoms with Gasteiger partial charge in [0.1, 0.15) is 5.60 Å². The van der Waals surface area contributed by atoms with Gasteiger partial charge in [-0.05, 0) is 20.8 Å². The molecule has 1 fully saturated rings. The summed E-state index contributed by atoms with van der Waals surface area (Å²) in [6.45, 7) is 6.08. The number of hydrogen-bond donors (Lipinski definition) is 2. The maximum Gasteiger partial charge on any atom is 0.410 e. The summed E-state index contributed by atoms with van der Waals surface area (Å²) in [4.78, 5) is 13.2. The predicted molar refractivity (Wildman–Crippen MR) is 57.9 cm³/mol. The summed E-state index contributed by atoms with van der Waals surface area (Å²) >= 11 is 0. The van der Waals surface area contributed by atoms with E-state index in [1.807, 2.05) is 20.8 Å². The van der Waals surface area contributed by atoms with Gasteiger partial charge in [-0.15, -0.1) is 0 Å². The van der Waals surface area contributed by atoms with Gasteiger partial charge in [0.25, 0.3) is 0 Å². The molecule has 2 rings (SSSR count). The van der Waals surface area contributed by atoms with Gasteiger partial charge < -0.3 is 14.7 Å². The molecule has 90 valence electrons. The highest BCUT2D eigenvalue weighted by atomic mass is 16.6. The third-order valence-electron chi connectivity index (χ3n) is 2.63. The number of carbonyl (C=O) groups excluding carboxylic acids is 1. The van der Waals surface area contributed by atoms with E-state index in [4.69, 9.17) is 4.74 Å². The Hall–Kier alpha value is -1.30. The van der Waals surface area contributed by atoms with E-state index >= 15 is 0 Å². The molecule has 2 aliphatic rings. The van der Waals surface area contributed by atoms with E-state index in [0.717, 1.165) is 0 Å². The highest BCUT2D eigenvalue weighted by Gasteiger charge is 2.49. The number of likely N-dealkylation sites (tertiary alicyclic amines) is 1. The number of rotatable bonds is 0. The standard InChI is InChI=1S/C10H17N3O3/c1-9(2,3)16-8(14)13-5-7-4-11-12-10(7,15)6-13/h4,7,12,15H,5-6H2,1-3H3/t7-,10+/m1/s1. The predicted octanol–water partition coefficient (Wildman–Crippen LogP) is 0.131. The van der Waals surface area contributed by atoms with Gasteiger partial charge in [-0.1, -0.05) is 0 Å². The van der Waals surface area contributed by atoms with Gasteiger partial charge >= 0.3 is 6.09 Å². The SMILES string of the molecule is CC(C)(C)OC(=O)N1C[C@H]2C=NN[C@]2(O)C1. The number of nitrogens with zero attached hydrogens (tertiary/aromatic N) is 2. The molecule has 2 N–H and O–H groups in total. The van der Waals surface area contributed by atoms with E-state index in [1.54, 1.807) is 6.21 Å². The molecule has 2 atom stereocenters. The Balaban J connectivity index is 1.99. The number of β-amino-alcohol motifs (C(OH)–C–C–N with tert-alkyl or cyclic N) is 1. The number of ether oxygens (including phenoxy) is 1. The molecule has 0 unspecified atom stereocenters. The van der Waals surface area contributed by atoms with E-state index in [0.29, 0.717) is 6.54 Å². The molecular formula is C10H17N3O3. The molecule has 6 nitrogen and oxygen atoms in total. The second-order valence-electron chi connectivity index (χ2n) is 5.28. The average molecular weight is 227 g/mol. The van der Waals surface area contributed by atoms with Crippen molar-refractivity contribution in [2.75, 3.05) is 13.1 Å². The van der Waals surface area contributed by atoms with E-state index in [-0.39, 0.29) is 12.5 Å². The number of carbonyl (C=O) groups is 1. The maximum absolute atomic E-state index is 11.8. The third kappa shape index (κ3) is 1.97. The van der Waals surface area contributed by atoms with E-state index in [1.165, 1.54) is 4.90 Å². The molecule has 6 heteroatoms. The second-order valence-corrected chi connectivity index (χ2v) is 5.28. The van der Waals surface area contributed by atoms with E-state index < -0.39 is 17.4 Å². The Morgan fingerprint density at radius 2 is 2.38 bits per heavy atom. The largest absolute Gasteiger partial charge is 0.444 e. The fraction of sp³-hybridized carbons (Fsp3) is 0.800. The molecule has 0 saturated carbocycles. The Morgan fingerprint density at radius 3 is 2.94 bits per heavy atom. The van der Waals surface area contributed by atoms with Crippen molar-refractivity contribution in [3.8, 4) is 0 Å². The molecule has 16 heavy (non-hydrogen) atoms. The van der Waals surface area contributed by atoms with Gasteiger partial charge in [0.2, 0.25) is 0 Å². The van der Waals surface area contributed by atoms with Crippen LogP contribution in [0.4, 0.5) is 4.79 Å². The summed E-state index contributed by atoms with van der Waals surface area (Å²) in [6, 6.07) is 0. The van der Waals surface area contributed by atoms with Crippen molar-refractivity contribution in [2.45, 2.75) is 32.1 Å². The van der Waals surface area contributed by atoms with Crippen molar-refractivity contribution >= 4 is 12.3 Å². The van der Waals surface area contributed by atoms with Crippen LogP contribution < -0.4 is 5.43 Å². The van der Waals surface area contributed by atoms with Crippen LogP contribution in [-0.2, 0) is 4.74 Å². The van der Waals surface area contributed by atoms with E-state index in [2.05, 4.69) is 10.5 Å². The summed E-state index contributed by atoms with van der Waals surface area (Å²) in [7, 11) is 0. The van der Waals surface area contributed by atoms with Crippen molar-refractivity contribution in [3.05, 3.63) is 0 Å². The minimum absolute atomic E-state index is 0.153.